The molecule has 0 radical (unpaired) electrons. The van der Waals surface area contributed by atoms with E-state index in [1.54, 1.807) is 0 Å². The second kappa shape index (κ2) is 6.04. The Balaban J connectivity index is 1.86. The first kappa shape index (κ1) is 13.7. The molecule has 0 saturated carbocycles. The molecule has 0 bridgehead atoms. The van der Waals surface area contributed by atoms with Crippen molar-refractivity contribution < 1.29 is 9.13 Å². The van der Waals surface area contributed by atoms with Gasteiger partial charge in [0, 0.05) is 30.9 Å². The summed E-state index contributed by atoms with van der Waals surface area (Å²) in [6.45, 7) is 5.21. The minimum atomic E-state index is -0.209. The topological polar surface area (TPSA) is 24.5 Å². The highest BCUT2D eigenvalue weighted by atomic mass is 19.1. The van der Waals surface area contributed by atoms with E-state index in [-0.39, 0.29) is 5.82 Å². The number of anilines is 2. The molecule has 1 aliphatic heterocycles. The van der Waals surface area contributed by atoms with Crippen LogP contribution < -0.4 is 15.0 Å². The van der Waals surface area contributed by atoms with Gasteiger partial charge in [0.15, 0.2) is 0 Å². The van der Waals surface area contributed by atoms with E-state index in [4.69, 9.17) is 4.74 Å². The van der Waals surface area contributed by atoms with Crippen LogP contribution in [0.1, 0.15) is 12.5 Å². The van der Waals surface area contributed by atoms with Crippen LogP contribution in [-0.4, -0.2) is 19.7 Å². The number of benzene rings is 2. The molecule has 21 heavy (non-hydrogen) atoms. The van der Waals surface area contributed by atoms with Gasteiger partial charge in [0.25, 0.3) is 0 Å². The van der Waals surface area contributed by atoms with Crippen LogP contribution in [0.5, 0.6) is 5.75 Å². The van der Waals surface area contributed by atoms with Crippen LogP contribution in [0, 0.1) is 5.82 Å². The van der Waals surface area contributed by atoms with Crippen LogP contribution in [0.2, 0.25) is 0 Å². The largest absolute Gasteiger partial charge is 0.489 e. The summed E-state index contributed by atoms with van der Waals surface area (Å²) in [6, 6.07) is 12.8. The van der Waals surface area contributed by atoms with E-state index in [2.05, 4.69) is 23.2 Å². The van der Waals surface area contributed by atoms with Gasteiger partial charge in [0.05, 0.1) is 5.69 Å². The highest BCUT2D eigenvalue weighted by molar-refractivity contribution is 5.62. The van der Waals surface area contributed by atoms with Gasteiger partial charge in [-0.15, -0.1) is 0 Å². The average Bonchev–Trinajstić information content (AvgIpc) is 2.54. The van der Waals surface area contributed by atoms with Crippen molar-refractivity contribution in [3.8, 4) is 5.75 Å². The van der Waals surface area contributed by atoms with Gasteiger partial charge in [0.1, 0.15) is 18.2 Å². The zero-order chi connectivity index (χ0) is 14.7. The monoisotopic (exact) mass is 286 g/mol. The molecule has 3 rings (SSSR count). The fourth-order valence-electron chi connectivity index (χ4n) is 2.60. The number of hydrogen-bond donors (Lipinski definition) is 1. The molecule has 2 aromatic rings. The molecular formula is C17H19FN2O. The number of rotatable bonds is 4. The van der Waals surface area contributed by atoms with Gasteiger partial charge < -0.3 is 15.0 Å². The summed E-state index contributed by atoms with van der Waals surface area (Å²) < 4.78 is 18.9. The average molecular weight is 286 g/mol. The van der Waals surface area contributed by atoms with Gasteiger partial charge in [-0.25, -0.2) is 4.39 Å². The molecule has 0 saturated heterocycles. The molecule has 1 heterocycles. The molecule has 0 fully saturated rings. The van der Waals surface area contributed by atoms with E-state index in [9.17, 15) is 4.39 Å². The summed E-state index contributed by atoms with van der Waals surface area (Å²) in [7, 11) is 0. The number of fused-ring (bicyclic) bond motifs is 1. The van der Waals surface area contributed by atoms with Crippen LogP contribution in [-0.2, 0) is 6.54 Å². The summed E-state index contributed by atoms with van der Waals surface area (Å²) in [5.74, 6) is 0.726. The van der Waals surface area contributed by atoms with Crippen LogP contribution in [0.15, 0.2) is 42.5 Å². The number of para-hydroxylation sites is 1. The fourth-order valence-corrected chi connectivity index (χ4v) is 2.60. The van der Waals surface area contributed by atoms with Crippen molar-refractivity contribution in [3.05, 3.63) is 53.8 Å². The number of halogens is 1. The van der Waals surface area contributed by atoms with Gasteiger partial charge in [-0.05, 0) is 37.3 Å². The van der Waals surface area contributed by atoms with Gasteiger partial charge in [0.2, 0.25) is 0 Å². The maximum atomic E-state index is 13.1. The van der Waals surface area contributed by atoms with Gasteiger partial charge >= 0.3 is 0 Å². The third kappa shape index (κ3) is 2.94. The van der Waals surface area contributed by atoms with E-state index in [0.29, 0.717) is 6.61 Å². The summed E-state index contributed by atoms with van der Waals surface area (Å²) in [4.78, 5) is 2.20. The summed E-state index contributed by atoms with van der Waals surface area (Å²) in [6.07, 6.45) is 0. The smallest absolute Gasteiger partial charge is 0.147 e. The lowest BCUT2D eigenvalue weighted by molar-refractivity contribution is 0.319. The van der Waals surface area contributed by atoms with Crippen molar-refractivity contribution >= 4 is 11.4 Å². The summed E-state index contributed by atoms with van der Waals surface area (Å²) in [5, 5.41) is 3.35. The first-order valence-electron chi connectivity index (χ1n) is 7.27. The van der Waals surface area contributed by atoms with Gasteiger partial charge in [-0.1, -0.05) is 12.1 Å². The minimum absolute atomic E-state index is 0.209. The molecule has 2 aromatic carbocycles. The lowest BCUT2D eigenvalue weighted by Crippen LogP contribution is -2.24. The summed E-state index contributed by atoms with van der Waals surface area (Å²) >= 11 is 0. The Bertz CT molecular complexity index is 613. The first-order chi connectivity index (χ1) is 10.3. The Hall–Kier alpha value is -2.23. The van der Waals surface area contributed by atoms with Crippen molar-refractivity contribution in [2.45, 2.75) is 13.5 Å². The zero-order valence-electron chi connectivity index (χ0n) is 12.1. The molecule has 1 aliphatic rings. The van der Waals surface area contributed by atoms with Crippen molar-refractivity contribution in [1.29, 1.82) is 0 Å². The number of nitrogens with one attached hydrogen (secondary N) is 1. The molecule has 0 atom stereocenters. The Labute approximate surface area is 124 Å². The van der Waals surface area contributed by atoms with E-state index in [1.807, 2.05) is 24.3 Å². The molecule has 110 valence electrons. The standard InChI is InChI=1S/C17H19FN2O/c1-2-20(15-8-6-14(18)7-9-15)12-13-4-3-5-16-17(13)21-11-10-19-16/h3-9,19H,2,10-12H2,1H3. The van der Waals surface area contributed by atoms with E-state index < -0.39 is 0 Å². The summed E-state index contributed by atoms with van der Waals surface area (Å²) in [5.41, 5.74) is 3.21. The lowest BCUT2D eigenvalue weighted by atomic mass is 10.1. The quantitative estimate of drug-likeness (QED) is 0.928. The van der Waals surface area contributed by atoms with Crippen LogP contribution in [0.3, 0.4) is 0 Å². The van der Waals surface area contributed by atoms with Crippen molar-refractivity contribution in [2.75, 3.05) is 29.9 Å². The highest BCUT2D eigenvalue weighted by Gasteiger charge is 2.16. The maximum Gasteiger partial charge on any atom is 0.147 e. The highest BCUT2D eigenvalue weighted by Crippen LogP contribution is 2.32. The normalized spacial score (nSPS) is 13.0. The predicted octanol–water partition coefficient (Wildman–Crippen LogP) is 3.66. The first-order valence-corrected chi connectivity index (χ1v) is 7.27. The minimum Gasteiger partial charge on any atom is -0.489 e. The third-order valence-electron chi connectivity index (χ3n) is 3.70. The van der Waals surface area contributed by atoms with Crippen molar-refractivity contribution in [1.82, 2.24) is 0 Å². The molecule has 0 aliphatic carbocycles. The van der Waals surface area contributed by atoms with E-state index in [1.165, 1.54) is 12.1 Å². The number of nitrogens with zero attached hydrogens (tertiary/aromatic N) is 1. The van der Waals surface area contributed by atoms with Gasteiger partial charge in [-0.2, -0.15) is 0 Å². The second-order valence-corrected chi connectivity index (χ2v) is 5.06. The number of hydrogen-bond acceptors (Lipinski definition) is 3. The Morgan fingerprint density at radius 1 is 1.19 bits per heavy atom. The molecule has 0 spiro atoms. The molecule has 0 aromatic heterocycles. The zero-order valence-corrected chi connectivity index (χ0v) is 12.1. The molecule has 3 nitrogen and oxygen atoms in total. The van der Waals surface area contributed by atoms with Crippen LogP contribution in [0.4, 0.5) is 15.8 Å². The molecule has 0 amide bonds. The molecule has 4 heteroatoms. The van der Waals surface area contributed by atoms with E-state index >= 15 is 0 Å². The van der Waals surface area contributed by atoms with Crippen molar-refractivity contribution in [3.63, 3.8) is 0 Å². The lowest BCUT2D eigenvalue weighted by Gasteiger charge is -2.27. The fraction of sp³-hybridized carbons (Fsp3) is 0.294. The maximum absolute atomic E-state index is 13.1. The third-order valence-corrected chi connectivity index (χ3v) is 3.70. The Kier molecular flexibility index (Phi) is 3.95. The molecule has 1 N–H and O–H groups in total. The predicted molar refractivity (Wildman–Crippen MR) is 83.6 cm³/mol. The Morgan fingerprint density at radius 2 is 2.00 bits per heavy atom. The molecular weight excluding hydrogens is 267 g/mol. The van der Waals surface area contributed by atoms with Crippen LogP contribution in [0.25, 0.3) is 0 Å². The molecule has 0 unspecified atom stereocenters. The number of ether oxygens (including phenoxy) is 1. The van der Waals surface area contributed by atoms with Gasteiger partial charge in [-0.3, -0.25) is 0 Å². The van der Waals surface area contributed by atoms with Crippen LogP contribution >= 0.6 is 0 Å². The van der Waals surface area contributed by atoms with E-state index in [0.717, 1.165) is 42.3 Å². The second-order valence-electron chi connectivity index (χ2n) is 5.06. The SMILES string of the molecule is CCN(Cc1cccc2c1OCCN2)c1ccc(F)cc1. The van der Waals surface area contributed by atoms with Crippen molar-refractivity contribution in [2.24, 2.45) is 0 Å². The Morgan fingerprint density at radius 3 is 2.76 bits per heavy atom.